The Balaban J connectivity index is 2.01. The minimum atomic E-state index is 0.0397. The largest absolute Gasteiger partial charge is 0.492 e. The first-order valence-electron chi connectivity index (χ1n) is 5.76. The van der Waals surface area contributed by atoms with Crippen molar-refractivity contribution in [2.45, 2.75) is 19.9 Å². The molecule has 1 aliphatic rings. The van der Waals surface area contributed by atoms with Crippen LogP contribution in [-0.4, -0.2) is 19.8 Å². The molecule has 17 heavy (non-hydrogen) atoms. The minimum Gasteiger partial charge on any atom is -0.492 e. The topological polar surface area (TPSA) is 44.5 Å². The van der Waals surface area contributed by atoms with Crippen LogP contribution in [0.2, 0.25) is 0 Å². The number of benzene rings is 1. The summed E-state index contributed by atoms with van der Waals surface area (Å²) in [6.45, 7) is 6.38. The first-order valence-corrected chi connectivity index (χ1v) is 6.55. The van der Waals surface area contributed by atoms with Crippen molar-refractivity contribution in [2.24, 2.45) is 11.1 Å². The number of halogens is 1. The third-order valence-electron chi connectivity index (χ3n) is 2.96. The zero-order valence-corrected chi connectivity index (χ0v) is 11.8. The van der Waals surface area contributed by atoms with Gasteiger partial charge in [0, 0.05) is 11.5 Å². The van der Waals surface area contributed by atoms with Gasteiger partial charge in [-0.3, -0.25) is 0 Å². The highest BCUT2D eigenvalue weighted by atomic mass is 79.9. The maximum absolute atomic E-state index is 5.83. The lowest BCUT2D eigenvalue weighted by Crippen LogP contribution is -2.44. The molecule has 0 spiro atoms. The van der Waals surface area contributed by atoms with E-state index in [1.54, 1.807) is 0 Å². The van der Waals surface area contributed by atoms with Gasteiger partial charge in [0.05, 0.1) is 24.3 Å². The highest BCUT2D eigenvalue weighted by Gasteiger charge is 2.34. The average molecular weight is 300 g/mol. The van der Waals surface area contributed by atoms with Crippen LogP contribution in [0.5, 0.6) is 5.75 Å². The van der Waals surface area contributed by atoms with E-state index < -0.39 is 0 Å². The van der Waals surface area contributed by atoms with Crippen LogP contribution >= 0.6 is 15.9 Å². The van der Waals surface area contributed by atoms with Gasteiger partial charge >= 0.3 is 0 Å². The molecule has 1 heterocycles. The molecule has 0 bridgehead atoms. The highest BCUT2D eigenvalue weighted by molar-refractivity contribution is 9.10. The summed E-state index contributed by atoms with van der Waals surface area (Å²) in [6, 6.07) is 6.02. The first-order chi connectivity index (χ1) is 8.00. The van der Waals surface area contributed by atoms with Gasteiger partial charge in [0.15, 0.2) is 0 Å². The zero-order valence-electron chi connectivity index (χ0n) is 10.2. The quantitative estimate of drug-likeness (QED) is 0.930. The fraction of sp³-hybridized carbons (Fsp3) is 0.538. The summed E-state index contributed by atoms with van der Waals surface area (Å²) in [4.78, 5) is 0. The molecule has 1 aliphatic heterocycles. The lowest BCUT2D eigenvalue weighted by molar-refractivity contribution is -0.120. The van der Waals surface area contributed by atoms with E-state index in [1.165, 1.54) is 0 Å². The lowest BCUT2D eigenvalue weighted by Gasteiger charge is -2.37. The third kappa shape index (κ3) is 3.00. The molecule has 94 valence electrons. The van der Waals surface area contributed by atoms with Crippen molar-refractivity contribution in [3.63, 3.8) is 0 Å². The van der Waals surface area contributed by atoms with Gasteiger partial charge < -0.3 is 15.2 Å². The second-order valence-electron chi connectivity index (χ2n) is 5.07. The standard InChI is InChI=1S/C13H18BrNO2/c1-9(15)10-3-4-12(11(14)5-10)17-8-13(2)6-16-7-13/h3-5,9H,6-8,15H2,1-2H3. The smallest absolute Gasteiger partial charge is 0.133 e. The monoisotopic (exact) mass is 299 g/mol. The molecule has 0 radical (unpaired) electrons. The van der Waals surface area contributed by atoms with Crippen molar-refractivity contribution in [1.29, 1.82) is 0 Å². The molecule has 3 nitrogen and oxygen atoms in total. The zero-order chi connectivity index (χ0) is 12.5. The Kier molecular flexibility index (Phi) is 3.76. The molecule has 1 fully saturated rings. The highest BCUT2D eigenvalue weighted by Crippen LogP contribution is 2.31. The van der Waals surface area contributed by atoms with Gasteiger partial charge in [-0.05, 0) is 40.5 Å². The minimum absolute atomic E-state index is 0.0397. The number of rotatable bonds is 4. The molecule has 1 saturated heterocycles. The SMILES string of the molecule is CC(N)c1ccc(OCC2(C)COC2)c(Br)c1. The van der Waals surface area contributed by atoms with Gasteiger partial charge in [0.2, 0.25) is 0 Å². The van der Waals surface area contributed by atoms with Gasteiger partial charge in [-0.1, -0.05) is 13.0 Å². The van der Waals surface area contributed by atoms with Crippen molar-refractivity contribution >= 4 is 15.9 Å². The molecular formula is C13H18BrNO2. The van der Waals surface area contributed by atoms with Crippen molar-refractivity contribution in [3.05, 3.63) is 28.2 Å². The van der Waals surface area contributed by atoms with Crippen LogP contribution < -0.4 is 10.5 Å². The van der Waals surface area contributed by atoms with E-state index in [0.29, 0.717) is 6.61 Å². The molecule has 4 heteroatoms. The van der Waals surface area contributed by atoms with Gasteiger partial charge in [-0.15, -0.1) is 0 Å². The second kappa shape index (κ2) is 4.96. The number of ether oxygens (including phenoxy) is 2. The summed E-state index contributed by atoms with van der Waals surface area (Å²) in [6.07, 6.45) is 0. The maximum atomic E-state index is 5.83. The summed E-state index contributed by atoms with van der Waals surface area (Å²) in [7, 11) is 0. The van der Waals surface area contributed by atoms with Crippen LogP contribution in [-0.2, 0) is 4.74 Å². The molecular weight excluding hydrogens is 282 g/mol. The van der Waals surface area contributed by atoms with Crippen LogP contribution in [0.4, 0.5) is 0 Å². The lowest BCUT2D eigenvalue weighted by atomic mass is 9.90. The predicted octanol–water partition coefficient (Wildman–Crippen LogP) is 2.88. The van der Waals surface area contributed by atoms with E-state index in [0.717, 1.165) is 29.0 Å². The summed E-state index contributed by atoms with van der Waals surface area (Å²) < 4.78 is 12.0. The molecule has 0 saturated carbocycles. The van der Waals surface area contributed by atoms with Crippen molar-refractivity contribution < 1.29 is 9.47 Å². The molecule has 2 N–H and O–H groups in total. The fourth-order valence-electron chi connectivity index (χ4n) is 1.70. The fourth-order valence-corrected chi connectivity index (χ4v) is 2.21. The Morgan fingerprint density at radius 1 is 1.53 bits per heavy atom. The van der Waals surface area contributed by atoms with E-state index in [9.17, 15) is 0 Å². The third-order valence-corrected chi connectivity index (χ3v) is 3.58. The summed E-state index contributed by atoms with van der Waals surface area (Å²) >= 11 is 3.51. The van der Waals surface area contributed by atoms with E-state index in [-0.39, 0.29) is 11.5 Å². The van der Waals surface area contributed by atoms with E-state index in [1.807, 2.05) is 25.1 Å². The number of nitrogens with two attached hydrogens (primary N) is 1. The van der Waals surface area contributed by atoms with Crippen LogP contribution in [0.15, 0.2) is 22.7 Å². The van der Waals surface area contributed by atoms with Crippen molar-refractivity contribution in [2.75, 3.05) is 19.8 Å². The van der Waals surface area contributed by atoms with Crippen LogP contribution in [0, 0.1) is 5.41 Å². The van der Waals surface area contributed by atoms with E-state index in [2.05, 4.69) is 22.9 Å². The Morgan fingerprint density at radius 2 is 2.24 bits per heavy atom. The Labute approximate surface area is 110 Å². The molecule has 0 amide bonds. The Morgan fingerprint density at radius 3 is 2.71 bits per heavy atom. The number of hydrogen-bond donors (Lipinski definition) is 1. The van der Waals surface area contributed by atoms with Crippen LogP contribution in [0.1, 0.15) is 25.5 Å². The van der Waals surface area contributed by atoms with Crippen molar-refractivity contribution in [1.82, 2.24) is 0 Å². The molecule has 0 aromatic heterocycles. The summed E-state index contributed by atoms with van der Waals surface area (Å²) in [5, 5.41) is 0. The summed E-state index contributed by atoms with van der Waals surface area (Å²) in [5.41, 5.74) is 7.09. The Hall–Kier alpha value is -0.580. The molecule has 1 atom stereocenters. The van der Waals surface area contributed by atoms with Crippen molar-refractivity contribution in [3.8, 4) is 5.75 Å². The van der Waals surface area contributed by atoms with Crippen LogP contribution in [0.25, 0.3) is 0 Å². The second-order valence-corrected chi connectivity index (χ2v) is 5.93. The predicted molar refractivity (Wildman–Crippen MR) is 71.2 cm³/mol. The van der Waals surface area contributed by atoms with Crippen LogP contribution in [0.3, 0.4) is 0 Å². The molecule has 1 unspecified atom stereocenters. The van der Waals surface area contributed by atoms with Gasteiger partial charge in [0.1, 0.15) is 5.75 Å². The van der Waals surface area contributed by atoms with Gasteiger partial charge in [-0.25, -0.2) is 0 Å². The van der Waals surface area contributed by atoms with E-state index in [4.69, 9.17) is 15.2 Å². The normalized spacial score (nSPS) is 19.5. The first kappa shape index (κ1) is 12.9. The molecule has 2 rings (SSSR count). The maximum Gasteiger partial charge on any atom is 0.133 e. The molecule has 1 aromatic carbocycles. The average Bonchev–Trinajstić information content (AvgIpc) is 2.24. The van der Waals surface area contributed by atoms with E-state index >= 15 is 0 Å². The van der Waals surface area contributed by atoms with Gasteiger partial charge in [-0.2, -0.15) is 0 Å². The molecule has 1 aromatic rings. The van der Waals surface area contributed by atoms with Gasteiger partial charge in [0.25, 0.3) is 0 Å². The Bertz CT molecular complexity index is 402. The summed E-state index contributed by atoms with van der Waals surface area (Å²) in [5.74, 6) is 0.863. The number of hydrogen-bond acceptors (Lipinski definition) is 3. The molecule has 0 aliphatic carbocycles.